The highest BCUT2D eigenvalue weighted by Crippen LogP contribution is 2.44. The minimum Gasteiger partial charge on any atom is -0.465 e. The minimum absolute atomic E-state index is 0.00622. The number of aromatic nitrogens is 1. The first-order valence-electron chi connectivity index (χ1n) is 7.66. The largest absolute Gasteiger partial charge is 0.465 e. The average Bonchev–Trinajstić information content (AvgIpc) is 2.93. The van der Waals surface area contributed by atoms with Gasteiger partial charge in [-0.05, 0) is 35.8 Å². The van der Waals surface area contributed by atoms with E-state index in [2.05, 4.69) is 29.3 Å². The molecule has 2 aromatic rings. The normalized spacial score (nSPS) is 26.5. The van der Waals surface area contributed by atoms with Gasteiger partial charge in [0.1, 0.15) is 0 Å². The van der Waals surface area contributed by atoms with Crippen molar-refractivity contribution in [1.29, 1.82) is 0 Å². The van der Waals surface area contributed by atoms with Gasteiger partial charge in [0.15, 0.2) is 0 Å². The Hall–Kier alpha value is -2.42. The first-order chi connectivity index (χ1) is 10.8. The predicted molar refractivity (Wildman–Crippen MR) is 84.1 cm³/mol. The van der Waals surface area contributed by atoms with Gasteiger partial charge in [-0.15, -0.1) is 0 Å². The molecule has 0 amide bonds. The van der Waals surface area contributed by atoms with Gasteiger partial charge in [-0.2, -0.15) is 0 Å². The highest BCUT2D eigenvalue weighted by molar-refractivity contribution is 5.76. The van der Waals surface area contributed by atoms with Crippen molar-refractivity contribution < 1.29 is 9.53 Å². The van der Waals surface area contributed by atoms with Crippen LogP contribution >= 0.6 is 0 Å². The summed E-state index contributed by atoms with van der Waals surface area (Å²) in [7, 11) is 0. The lowest BCUT2D eigenvalue weighted by molar-refractivity contribution is -0.141. The van der Waals surface area contributed by atoms with Crippen molar-refractivity contribution >= 4 is 12.0 Å². The Bertz CT molecular complexity index is 723. The molecule has 3 atom stereocenters. The van der Waals surface area contributed by atoms with Crippen molar-refractivity contribution in [2.75, 3.05) is 6.61 Å². The molecule has 2 heterocycles. The van der Waals surface area contributed by atoms with Crippen LogP contribution in [-0.2, 0) is 16.0 Å². The monoisotopic (exact) mass is 291 g/mol. The van der Waals surface area contributed by atoms with Crippen LogP contribution < -0.4 is 0 Å². The highest BCUT2D eigenvalue weighted by atomic mass is 16.5. The third-order valence-electron chi connectivity index (χ3n) is 4.72. The fourth-order valence-electron chi connectivity index (χ4n) is 3.60. The van der Waals surface area contributed by atoms with Gasteiger partial charge >= 0.3 is 5.97 Å². The zero-order valence-electron chi connectivity index (χ0n) is 12.2. The zero-order valence-corrected chi connectivity index (χ0v) is 12.2. The van der Waals surface area contributed by atoms with E-state index in [1.165, 1.54) is 11.1 Å². The SMILES string of the molecule is O=C1OC[C@H]2[C@H](/C=C/c3ccccn3)c3ccccc3C[C@@H]12. The van der Waals surface area contributed by atoms with E-state index in [0.29, 0.717) is 6.61 Å². The zero-order chi connectivity index (χ0) is 14.9. The lowest BCUT2D eigenvalue weighted by Crippen LogP contribution is -2.29. The minimum atomic E-state index is -0.0456. The summed E-state index contributed by atoms with van der Waals surface area (Å²) in [5, 5.41) is 0. The first-order valence-corrected chi connectivity index (χ1v) is 7.66. The van der Waals surface area contributed by atoms with Gasteiger partial charge in [-0.1, -0.05) is 36.4 Å². The van der Waals surface area contributed by atoms with Gasteiger partial charge in [0, 0.05) is 18.0 Å². The third kappa shape index (κ3) is 2.23. The van der Waals surface area contributed by atoms with Gasteiger partial charge in [0.05, 0.1) is 18.2 Å². The molecule has 0 radical (unpaired) electrons. The number of ether oxygens (including phenoxy) is 1. The summed E-state index contributed by atoms with van der Waals surface area (Å²) in [5.41, 5.74) is 3.51. The van der Waals surface area contributed by atoms with Crippen LogP contribution in [0, 0.1) is 11.8 Å². The van der Waals surface area contributed by atoms with Gasteiger partial charge in [0.25, 0.3) is 0 Å². The number of carbonyl (C=O) groups excluding carboxylic acids is 1. The molecule has 3 heteroatoms. The molecule has 1 fully saturated rings. The summed E-state index contributed by atoms with van der Waals surface area (Å²) >= 11 is 0. The lowest BCUT2D eigenvalue weighted by Gasteiger charge is -2.31. The Morgan fingerprint density at radius 2 is 2.00 bits per heavy atom. The van der Waals surface area contributed by atoms with Crippen molar-refractivity contribution in [2.45, 2.75) is 12.3 Å². The summed E-state index contributed by atoms with van der Waals surface area (Å²) in [5.74, 6) is 0.398. The second-order valence-corrected chi connectivity index (χ2v) is 5.94. The molecule has 0 saturated carbocycles. The van der Waals surface area contributed by atoms with Crippen LogP contribution in [0.4, 0.5) is 0 Å². The van der Waals surface area contributed by atoms with Crippen LogP contribution in [0.5, 0.6) is 0 Å². The molecule has 2 aliphatic rings. The number of esters is 1. The van der Waals surface area contributed by atoms with Crippen LogP contribution in [0.2, 0.25) is 0 Å². The first kappa shape index (κ1) is 13.3. The van der Waals surface area contributed by atoms with Crippen LogP contribution in [0.15, 0.2) is 54.7 Å². The number of rotatable bonds is 2. The summed E-state index contributed by atoms with van der Waals surface area (Å²) in [4.78, 5) is 16.3. The molecule has 0 N–H and O–H groups in total. The van der Waals surface area contributed by atoms with Gasteiger partial charge in [0.2, 0.25) is 0 Å². The van der Waals surface area contributed by atoms with E-state index in [0.717, 1.165) is 12.1 Å². The lowest BCUT2D eigenvalue weighted by atomic mass is 9.70. The second-order valence-electron chi connectivity index (χ2n) is 5.94. The summed E-state index contributed by atoms with van der Waals surface area (Å²) in [6.07, 6.45) is 6.82. The Morgan fingerprint density at radius 1 is 1.14 bits per heavy atom. The molecule has 1 aromatic carbocycles. The number of hydrogen-bond acceptors (Lipinski definition) is 3. The number of nitrogens with zero attached hydrogens (tertiary/aromatic N) is 1. The van der Waals surface area contributed by atoms with Crippen molar-refractivity contribution in [3.63, 3.8) is 0 Å². The molecule has 0 spiro atoms. The number of cyclic esters (lactones) is 1. The second kappa shape index (κ2) is 5.41. The van der Waals surface area contributed by atoms with E-state index >= 15 is 0 Å². The Labute approximate surface area is 129 Å². The van der Waals surface area contributed by atoms with E-state index in [1.807, 2.05) is 30.3 Å². The number of hydrogen-bond donors (Lipinski definition) is 0. The van der Waals surface area contributed by atoms with Crippen molar-refractivity contribution in [2.24, 2.45) is 11.8 Å². The van der Waals surface area contributed by atoms with Gasteiger partial charge in [-0.3, -0.25) is 9.78 Å². The molecule has 110 valence electrons. The molecule has 1 aliphatic carbocycles. The number of benzene rings is 1. The molecule has 1 aliphatic heterocycles. The Morgan fingerprint density at radius 3 is 2.86 bits per heavy atom. The van der Waals surface area contributed by atoms with E-state index in [9.17, 15) is 4.79 Å². The number of pyridine rings is 1. The molecule has 22 heavy (non-hydrogen) atoms. The van der Waals surface area contributed by atoms with Crippen LogP contribution in [-0.4, -0.2) is 17.6 Å². The van der Waals surface area contributed by atoms with Gasteiger partial charge in [-0.25, -0.2) is 0 Å². The fraction of sp³-hybridized carbons (Fsp3) is 0.263. The Balaban J connectivity index is 1.72. The molecular weight excluding hydrogens is 274 g/mol. The summed E-state index contributed by atoms with van der Waals surface area (Å²) < 4.78 is 5.32. The van der Waals surface area contributed by atoms with Crippen LogP contribution in [0.1, 0.15) is 22.7 Å². The molecule has 1 saturated heterocycles. The van der Waals surface area contributed by atoms with Crippen LogP contribution in [0.3, 0.4) is 0 Å². The third-order valence-corrected chi connectivity index (χ3v) is 4.72. The van der Waals surface area contributed by atoms with Crippen molar-refractivity contribution in [3.8, 4) is 0 Å². The number of carbonyl (C=O) groups is 1. The quantitative estimate of drug-likeness (QED) is 0.797. The van der Waals surface area contributed by atoms with Gasteiger partial charge < -0.3 is 4.74 Å². The highest BCUT2D eigenvalue weighted by Gasteiger charge is 2.44. The topological polar surface area (TPSA) is 39.2 Å². The maximum atomic E-state index is 12.0. The maximum Gasteiger partial charge on any atom is 0.309 e. The standard InChI is InChI=1S/C19H17NO2/c21-19-17-11-13-5-1-2-7-15(13)16(18(17)12-22-19)9-8-14-6-3-4-10-20-14/h1-10,16-18H,11-12H2/b9-8+/t16-,17-,18+/m1/s1. The fourth-order valence-corrected chi connectivity index (χ4v) is 3.60. The maximum absolute atomic E-state index is 12.0. The molecule has 0 unspecified atom stereocenters. The average molecular weight is 291 g/mol. The van der Waals surface area contributed by atoms with Crippen molar-refractivity contribution in [3.05, 3.63) is 71.6 Å². The molecule has 1 aromatic heterocycles. The van der Waals surface area contributed by atoms with Crippen molar-refractivity contribution in [1.82, 2.24) is 4.98 Å². The smallest absolute Gasteiger partial charge is 0.309 e. The summed E-state index contributed by atoms with van der Waals surface area (Å²) in [6.45, 7) is 0.523. The predicted octanol–water partition coefficient (Wildman–Crippen LogP) is 3.22. The van der Waals surface area contributed by atoms with Crippen LogP contribution in [0.25, 0.3) is 6.08 Å². The van der Waals surface area contributed by atoms with E-state index < -0.39 is 0 Å². The molecule has 0 bridgehead atoms. The van der Waals surface area contributed by atoms with E-state index in [4.69, 9.17) is 4.74 Å². The van der Waals surface area contributed by atoms with E-state index in [-0.39, 0.29) is 23.7 Å². The molecule has 4 rings (SSSR count). The van der Waals surface area contributed by atoms with E-state index in [1.54, 1.807) is 6.20 Å². The number of fused-ring (bicyclic) bond motifs is 2. The molecular formula is C19H17NO2. The molecule has 3 nitrogen and oxygen atoms in total. The summed E-state index contributed by atoms with van der Waals surface area (Å²) in [6, 6.07) is 14.3. The Kier molecular flexibility index (Phi) is 3.26. The number of allylic oxidation sites excluding steroid dienone is 1.